The highest BCUT2D eigenvalue weighted by Crippen LogP contribution is 2.26. The number of carbonyl (C=O) groups is 1. The van der Waals surface area contributed by atoms with Gasteiger partial charge in [-0.1, -0.05) is 31.2 Å². The second-order valence-electron chi connectivity index (χ2n) is 6.25. The summed E-state index contributed by atoms with van der Waals surface area (Å²) in [5.74, 6) is -0.180. The molecule has 4 rings (SSSR count). The van der Waals surface area contributed by atoms with Crippen molar-refractivity contribution < 1.29 is 4.79 Å². The van der Waals surface area contributed by atoms with Gasteiger partial charge in [-0.3, -0.25) is 19.4 Å². The molecular formula is C19H18N4O2S2. The molecule has 6 nitrogen and oxygen atoms in total. The van der Waals surface area contributed by atoms with Gasteiger partial charge in [0.05, 0.1) is 17.5 Å². The lowest BCUT2D eigenvalue weighted by Gasteiger charge is -2.01. The predicted molar refractivity (Wildman–Crippen MR) is 111 cm³/mol. The van der Waals surface area contributed by atoms with Gasteiger partial charge >= 0.3 is 0 Å². The number of anilines is 1. The maximum Gasteiger partial charge on any atom is 0.273 e. The van der Waals surface area contributed by atoms with Crippen molar-refractivity contribution in [3.8, 4) is 11.3 Å². The smallest absolute Gasteiger partial charge is 0.273 e. The van der Waals surface area contributed by atoms with Gasteiger partial charge in [-0.2, -0.15) is 0 Å². The molecule has 0 bridgehead atoms. The van der Waals surface area contributed by atoms with Crippen molar-refractivity contribution in [3.05, 3.63) is 56.5 Å². The summed E-state index contributed by atoms with van der Waals surface area (Å²) >= 11 is 2.85. The third-order valence-electron chi connectivity index (χ3n) is 4.41. The first-order valence-corrected chi connectivity index (χ1v) is 10.3. The third kappa shape index (κ3) is 3.45. The molecule has 3 heterocycles. The van der Waals surface area contributed by atoms with Crippen molar-refractivity contribution in [2.75, 3.05) is 5.32 Å². The van der Waals surface area contributed by atoms with E-state index in [1.165, 1.54) is 28.2 Å². The lowest BCUT2D eigenvalue weighted by molar-refractivity contribution is -0.115. The van der Waals surface area contributed by atoms with Crippen LogP contribution in [-0.2, 0) is 24.7 Å². The van der Waals surface area contributed by atoms with Gasteiger partial charge in [-0.05, 0) is 22.9 Å². The maximum atomic E-state index is 12.4. The van der Waals surface area contributed by atoms with Crippen LogP contribution in [0.4, 0.5) is 5.13 Å². The number of nitrogens with one attached hydrogen (secondary N) is 2. The Kier molecular flexibility index (Phi) is 4.67. The number of carbonyl (C=O) groups excluding carboxylic acids is 1. The molecule has 27 heavy (non-hydrogen) atoms. The van der Waals surface area contributed by atoms with Gasteiger partial charge in [0.15, 0.2) is 5.13 Å². The Bertz CT molecular complexity index is 1160. The SMILES string of the molecule is CCc1ccc(-c2csc(NC(=O)Cc3csc4c3c(=O)[nH]n4C)n2)cc1. The third-order valence-corrected chi connectivity index (χ3v) is 6.27. The van der Waals surface area contributed by atoms with E-state index < -0.39 is 0 Å². The molecule has 0 aliphatic carbocycles. The largest absolute Gasteiger partial charge is 0.302 e. The van der Waals surface area contributed by atoms with Gasteiger partial charge in [0.1, 0.15) is 4.83 Å². The zero-order chi connectivity index (χ0) is 19.0. The van der Waals surface area contributed by atoms with Crippen LogP contribution in [0.3, 0.4) is 0 Å². The standard InChI is InChI=1S/C19H18N4O2S2/c1-3-11-4-6-12(7-5-11)14-10-27-19(20-14)21-15(24)8-13-9-26-18-16(13)17(25)22-23(18)2/h4-7,9-10H,3,8H2,1-2H3,(H,22,25)(H,20,21,24). The van der Waals surface area contributed by atoms with E-state index in [-0.39, 0.29) is 17.9 Å². The fraction of sp³-hybridized carbons (Fsp3) is 0.211. The molecule has 0 unspecified atom stereocenters. The second kappa shape index (κ2) is 7.13. The molecule has 8 heteroatoms. The van der Waals surface area contributed by atoms with E-state index in [0.29, 0.717) is 10.5 Å². The number of benzene rings is 1. The Hall–Kier alpha value is -2.71. The molecule has 0 spiro atoms. The summed E-state index contributed by atoms with van der Waals surface area (Å²) in [5.41, 5.74) is 3.72. The van der Waals surface area contributed by atoms with Crippen molar-refractivity contribution in [3.63, 3.8) is 0 Å². The lowest BCUT2D eigenvalue weighted by Crippen LogP contribution is -2.15. The Morgan fingerprint density at radius 3 is 2.74 bits per heavy atom. The second-order valence-corrected chi connectivity index (χ2v) is 7.97. The first-order valence-electron chi connectivity index (χ1n) is 8.55. The molecule has 4 aromatic rings. The number of H-pyrrole nitrogens is 1. The minimum atomic E-state index is -0.180. The van der Waals surface area contributed by atoms with Gasteiger partial charge in [-0.25, -0.2) is 4.98 Å². The van der Waals surface area contributed by atoms with Crippen molar-refractivity contribution in [1.82, 2.24) is 14.8 Å². The van der Waals surface area contributed by atoms with Gasteiger partial charge in [0, 0.05) is 18.0 Å². The molecule has 0 fully saturated rings. The number of hydrogen-bond donors (Lipinski definition) is 2. The van der Waals surface area contributed by atoms with E-state index >= 15 is 0 Å². The molecule has 0 atom stereocenters. The molecule has 0 saturated heterocycles. The van der Waals surface area contributed by atoms with Crippen LogP contribution in [0.25, 0.3) is 21.5 Å². The first kappa shape index (κ1) is 17.7. The van der Waals surface area contributed by atoms with Crippen molar-refractivity contribution in [2.24, 2.45) is 7.05 Å². The highest BCUT2D eigenvalue weighted by atomic mass is 32.1. The molecule has 138 valence electrons. The quantitative estimate of drug-likeness (QED) is 0.537. The summed E-state index contributed by atoms with van der Waals surface area (Å²) in [4.78, 5) is 29.8. The molecule has 1 aromatic carbocycles. The van der Waals surface area contributed by atoms with E-state index in [4.69, 9.17) is 0 Å². The molecule has 2 N–H and O–H groups in total. The maximum absolute atomic E-state index is 12.4. The van der Waals surface area contributed by atoms with Crippen LogP contribution in [-0.4, -0.2) is 20.7 Å². The number of rotatable bonds is 5. The van der Waals surface area contributed by atoms with Crippen molar-refractivity contribution in [1.29, 1.82) is 0 Å². The summed E-state index contributed by atoms with van der Waals surface area (Å²) < 4.78 is 1.68. The Morgan fingerprint density at radius 2 is 2.00 bits per heavy atom. The monoisotopic (exact) mass is 398 g/mol. The molecular weight excluding hydrogens is 380 g/mol. The number of amides is 1. The van der Waals surface area contributed by atoms with Crippen LogP contribution in [0, 0.1) is 0 Å². The highest BCUT2D eigenvalue weighted by Gasteiger charge is 2.16. The average Bonchev–Trinajstić information content (AvgIpc) is 3.35. The molecule has 0 aliphatic heterocycles. The number of hydrogen-bond acceptors (Lipinski definition) is 5. The van der Waals surface area contributed by atoms with Crippen molar-refractivity contribution in [2.45, 2.75) is 19.8 Å². The lowest BCUT2D eigenvalue weighted by atomic mass is 10.1. The van der Waals surface area contributed by atoms with Crippen LogP contribution in [0.2, 0.25) is 0 Å². The fourth-order valence-corrected chi connectivity index (χ4v) is 4.71. The number of thiophene rings is 1. The molecule has 1 amide bonds. The zero-order valence-electron chi connectivity index (χ0n) is 14.9. The highest BCUT2D eigenvalue weighted by molar-refractivity contribution is 7.17. The summed E-state index contributed by atoms with van der Waals surface area (Å²) in [7, 11) is 1.79. The predicted octanol–water partition coefficient (Wildman–Crippen LogP) is 3.80. The molecule has 3 aromatic heterocycles. The Morgan fingerprint density at radius 1 is 1.22 bits per heavy atom. The van der Waals surface area contributed by atoms with E-state index in [0.717, 1.165) is 28.1 Å². The van der Waals surface area contributed by atoms with Gasteiger partial charge < -0.3 is 5.32 Å². The van der Waals surface area contributed by atoms with Crippen LogP contribution in [0.1, 0.15) is 18.1 Å². The van der Waals surface area contributed by atoms with Gasteiger partial charge in [-0.15, -0.1) is 22.7 Å². The minimum absolute atomic E-state index is 0.146. The topological polar surface area (TPSA) is 79.8 Å². The first-order chi connectivity index (χ1) is 13.0. The van der Waals surface area contributed by atoms with E-state index in [2.05, 4.69) is 34.5 Å². The van der Waals surface area contributed by atoms with Crippen molar-refractivity contribution >= 4 is 43.9 Å². The average molecular weight is 399 g/mol. The van der Waals surface area contributed by atoms with E-state index in [9.17, 15) is 9.59 Å². The van der Waals surface area contributed by atoms with Crippen LogP contribution in [0.15, 0.2) is 39.8 Å². The van der Waals surface area contributed by atoms with Crippen LogP contribution in [0.5, 0.6) is 0 Å². The minimum Gasteiger partial charge on any atom is -0.302 e. The number of aromatic amines is 1. The van der Waals surface area contributed by atoms with Crippen LogP contribution < -0.4 is 10.9 Å². The molecule has 0 radical (unpaired) electrons. The normalized spacial score (nSPS) is 11.2. The summed E-state index contributed by atoms with van der Waals surface area (Å²) in [6, 6.07) is 8.27. The van der Waals surface area contributed by atoms with E-state index in [1.807, 2.05) is 22.9 Å². The van der Waals surface area contributed by atoms with Gasteiger partial charge in [0.25, 0.3) is 5.56 Å². The number of nitrogens with zero attached hydrogens (tertiary/aromatic N) is 2. The summed E-state index contributed by atoms with van der Waals surface area (Å²) in [5, 5.41) is 10.5. The number of thiazole rings is 1. The molecule has 0 saturated carbocycles. The zero-order valence-corrected chi connectivity index (χ0v) is 16.5. The van der Waals surface area contributed by atoms with E-state index in [1.54, 1.807) is 11.7 Å². The summed E-state index contributed by atoms with van der Waals surface area (Å²) in [6.45, 7) is 2.12. The van der Waals surface area contributed by atoms with Crippen LogP contribution >= 0.6 is 22.7 Å². The number of aromatic nitrogens is 3. The Labute approximate surface area is 163 Å². The Balaban J connectivity index is 1.48. The fourth-order valence-electron chi connectivity index (χ4n) is 2.97. The number of aryl methyl sites for hydroxylation is 2. The molecule has 0 aliphatic rings. The number of fused-ring (bicyclic) bond motifs is 1. The summed E-state index contributed by atoms with van der Waals surface area (Å²) in [6.07, 6.45) is 1.14. The van der Waals surface area contributed by atoms with Gasteiger partial charge in [0.2, 0.25) is 5.91 Å².